The Balaban J connectivity index is 1.02. The van der Waals surface area contributed by atoms with Crippen molar-refractivity contribution in [2.24, 2.45) is 5.92 Å². The van der Waals surface area contributed by atoms with Gasteiger partial charge >= 0.3 is 5.97 Å². The highest BCUT2D eigenvalue weighted by atomic mass is 32.1. The highest BCUT2D eigenvalue weighted by Crippen LogP contribution is 2.28. The van der Waals surface area contributed by atoms with Gasteiger partial charge in [-0.05, 0) is 108 Å². The average Bonchev–Trinajstić information content (AvgIpc) is 3.79. The van der Waals surface area contributed by atoms with E-state index in [1.165, 1.54) is 0 Å². The lowest BCUT2D eigenvalue weighted by Crippen LogP contribution is -2.42. The standard InChI is InChI=1S/C44H65N5O9S/c1-6-48(35-12-10-11-32(2)29-35)40(51)31-49-36-19-28-59-38(36)30-37(49)43(54)47-34-16-14-33(15-17-34)42(53)46-20-9-7-8-13-39(50)45-21-23-56-25-27-57-26-24-55-22-18-41(52)58-44(3,4)5/h10-12,19,28-30,33-34H,6-9,13-18,20-27,31H2,1-5H3,(H,45,50)(H,46,53)(H,47,54)/t33-,34-. The number of anilines is 1. The molecule has 15 heteroatoms. The first-order valence-electron chi connectivity index (χ1n) is 21.1. The molecule has 4 amide bonds. The second kappa shape index (κ2) is 24.7. The number of unbranched alkanes of at least 4 members (excludes halogenated alkanes) is 2. The first-order chi connectivity index (χ1) is 28.3. The van der Waals surface area contributed by atoms with E-state index in [-0.39, 0.29) is 61.1 Å². The fourth-order valence-electron chi connectivity index (χ4n) is 7.00. The van der Waals surface area contributed by atoms with E-state index < -0.39 is 5.60 Å². The molecule has 0 spiro atoms. The lowest BCUT2D eigenvalue weighted by atomic mass is 9.85. The van der Waals surface area contributed by atoms with Crippen molar-refractivity contribution in [2.75, 3.05) is 64.2 Å². The summed E-state index contributed by atoms with van der Waals surface area (Å²) in [6.45, 7) is 13.3. The first kappa shape index (κ1) is 47.4. The van der Waals surface area contributed by atoms with Crippen LogP contribution < -0.4 is 20.9 Å². The zero-order valence-corrected chi connectivity index (χ0v) is 36.4. The van der Waals surface area contributed by atoms with Crippen LogP contribution in [0.15, 0.2) is 41.8 Å². The van der Waals surface area contributed by atoms with Gasteiger partial charge in [0.25, 0.3) is 5.91 Å². The number of aromatic nitrogens is 1. The molecular weight excluding hydrogens is 775 g/mol. The number of esters is 1. The van der Waals surface area contributed by atoms with Gasteiger partial charge in [-0.1, -0.05) is 18.6 Å². The van der Waals surface area contributed by atoms with E-state index in [0.29, 0.717) is 90.5 Å². The van der Waals surface area contributed by atoms with Gasteiger partial charge in [-0.15, -0.1) is 11.3 Å². The van der Waals surface area contributed by atoms with Crippen molar-refractivity contribution in [1.29, 1.82) is 0 Å². The number of likely N-dealkylation sites (N-methyl/N-ethyl adjacent to an activating group) is 1. The highest BCUT2D eigenvalue weighted by Gasteiger charge is 2.29. The predicted octanol–water partition coefficient (Wildman–Crippen LogP) is 5.93. The number of ether oxygens (including phenoxy) is 4. The van der Waals surface area contributed by atoms with Crippen LogP contribution in [-0.4, -0.2) is 105 Å². The molecule has 1 saturated carbocycles. The number of thiophene rings is 1. The van der Waals surface area contributed by atoms with Gasteiger partial charge in [-0.25, -0.2) is 0 Å². The third-order valence-corrected chi connectivity index (χ3v) is 10.8. The third kappa shape index (κ3) is 16.7. The summed E-state index contributed by atoms with van der Waals surface area (Å²) in [5, 5.41) is 11.1. The van der Waals surface area contributed by atoms with Crippen LogP contribution in [0.1, 0.15) is 102 Å². The van der Waals surface area contributed by atoms with Crippen molar-refractivity contribution in [1.82, 2.24) is 20.5 Å². The fourth-order valence-corrected chi connectivity index (χ4v) is 7.82. The third-order valence-electron chi connectivity index (χ3n) is 9.98. The molecule has 0 aliphatic heterocycles. The first-order valence-corrected chi connectivity index (χ1v) is 22.0. The van der Waals surface area contributed by atoms with Crippen molar-refractivity contribution >= 4 is 56.8 Å². The van der Waals surface area contributed by atoms with Gasteiger partial charge in [0.2, 0.25) is 17.7 Å². The maximum Gasteiger partial charge on any atom is 0.308 e. The minimum Gasteiger partial charge on any atom is -0.460 e. The van der Waals surface area contributed by atoms with Crippen LogP contribution >= 0.6 is 11.3 Å². The van der Waals surface area contributed by atoms with Crippen molar-refractivity contribution in [3.05, 3.63) is 53.0 Å². The molecule has 0 atom stereocenters. The summed E-state index contributed by atoms with van der Waals surface area (Å²) in [5.41, 5.74) is 2.75. The van der Waals surface area contributed by atoms with Crippen molar-refractivity contribution in [2.45, 2.75) is 111 Å². The molecule has 1 fully saturated rings. The Morgan fingerprint density at radius 3 is 2.24 bits per heavy atom. The predicted molar refractivity (Wildman–Crippen MR) is 230 cm³/mol. The second-order valence-corrected chi connectivity index (χ2v) is 16.9. The summed E-state index contributed by atoms with van der Waals surface area (Å²) in [5.74, 6) is -0.643. The molecule has 1 aliphatic rings. The lowest BCUT2D eigenvalue weighted by molar-refractivity contribution is -0.156. The highest BCUT2D eigenvalue weighted by molar-refractivity contribution is 7.17. The smallest absolute Gasteiger partial charge is 0.308 e. The summed E-state index contributed by atoms with van der Waals surface area (Å²) in [4.78, 5) is 65.7. The van der Waals surface area contributed by atoms with E-state index in [1.807, 2.05) is 81.0 Å². The number of carbonyl (C=O) groups excluding carboxylic acids is 5. The van der Waals surface area contributed by atoms with E-state index in [1.54, 1.807) is 16.2 Å². The maximum absolute atomic E-state index is 13.6. The molecule has 2 aromatic heterocycles. The summed E-state index contributed by atoms with van der Waals surface area (Å²) in [6.07, 6.45) is 5.79. The average molecular weight is 840 g/mol. The summed E-state index contributed by atoms with van der Waals surface area (Å²) < 4.78 is 24.3. The molecule has 3 N–H and O–H groups in total. The molecule has 59 heavy (non-hydrogen) atoms. The van der Waals surface area contributed by atoms with E-state index in [2.05, 4.69) is 16.0 Å². The van der Waals surface area contributed by atoms with Gasteiger partial charge in [0.1, 0.15) is 17.8 Å². The van der Waals surface area contributed by atoms with Crippen LogP contribution in [0, 0.1) is 12.8 Å². The van der Waals surface area contributed by atoms with Gasteiger partial charge in [0.15, 0.2) is 0 Å². The molecule has 0 bridgehead atoms. The fraction of sp³-hybridized carbons (Fsp3) is 0.614. The Labute approximate surface area is 353 Å². The Hall–Kier alpha value is -4.31. The summed E-state index contributed by atoms with van der Waals surface area (Å²) in [6, 6.07) is 11.6. The van der Waals surface area contributed by atoms with E-state index in [0.717, 1.165) is 40.7 Å². The molecule has 3 aromatic rings. The number of nitrogens with zero attached hydrogens (tertiary/aromatic N) is 2. The minimum absolute atomic E-state index is 0.0240. The van der Waals surface area contributed by atoms with Crippen LogP contribution in [-0.2, 0) is 44.7 Å². The molecule has 4 rings (SSSR count). The Morgan fingerprint density at radius 1 is 0.831 bits per heavy atom. The number of benzene rings is 1. The lowest BCUT2D eigenvalue weighted by Gasteiger charge is -2.28. The van der Waals surface area contributed by atoms with Crippen LogP contribution in [0.2, 0.25) is 0 Å². The van der Waals surface area contributed by atoms with Crippen molar-refractivity contribution in [3.8, 4) is 0 Å². The molecule has 1 aliphatic carbocycles. The van der Waals surface area contributed by atoms with Crippen LogP contribution in [0.25, 0.3) is 10.2 Å². The Kier molecular flexibility index (Phi) is 19.8. The quantitative estimate of drug-likeness (QED) is 0.0693. The van der Waals surface area contributed by atoms with Crippen LogP contribution in [0.4, 0.5) is 5.69 Å². The number of nitrogens with one attached hydrogen (secondary N) is 3. The summed E-state index contributed by atoms with van der Waals surface area (Å²) >= 11 is 1.54. The Bertz CT molecular complexity index is 1790. The monoisotopic (exact) mass is 839 g/mol. The second-order valence-electron chi connectivity index (χ2n) is 15.9. The van der Waals surface area contributed by atoms with Crippen molar-refractivity contribution in [3.63, 3.8) is 0 Å². The van der Waals surface area contributed by atoms with Crippen LogP contribution in [0.3, 0.4) is 0 Å². The zero-order chi connectivity index (χ0) is 42.6. The number of amides is 4. The van der Waals surface area contributed by atoms with Crippen molar-refractivity contribution < 1.29 is 42.9 Å². The number of carbonyl (C=O) groups is 5. The topological polar surface area (TPSA) is 167 Å². The number of hydrogen-bond acceptors (Lipinski definition) is 10. The normalized spacial score (nSPS) is 15.5. The number of rotatable bonds is 25. The van der Waals surface area contributed by atoms with Gasteiger partial charge < -0.3 is 44.4 Å². The van der Waals surface area contributed by atoms with Gasteiger partial charge in [-0.3, -0.25) is 24.0 Å². The van der Waals surface area contributed by atoms with Gasteiger partial charge in [0.05, 0.1) is 56.3 Å². The molecule has 2 heterocycles. The number of aryl methyl sites for hydroxylation is 1. The molecule has 326 valence electrons. The number of hydrogen-bond donors (Lipinski definition) is 3. The molecule has 0 unspecified atom stereocenters. The SMILES string of the molecule is CCN(C(=O)Cn1c(C(=O)N[C@H]2CC[C@H](C(=O)NCCCCCC(=O)NCCOCCOCCOCCC(=O)OC(C)(C)C)CC2)cc2sccc21)c1cccc(C)c1. The molecular formula is C44H65N5O9S. The van der Waals surface area contributed by atoms with E-state index >= 15 is 0 Å². The molecule has 1 aromatic carbocycles. The van der Waals surface area contributed by atoms with Crippen LogP contribution in [0.5, 0.6) is 0 Å². The molecule has 0 saturated heterocycles. The van der Waals surface area contributed by atoms with Gasteiger partial charge in [0, 0.05) is 43.7 Å². The largest absolute Gasteiger partial charge is 0.460 e. The van der Waals surface area contributed by atoms with Gasteiger partial charge in [-0.2, -0.15) is 0 Å². The van der Waals surface area contributed by atoms with E-state index in [9.17, 15) is 24.0 Å². The van der Waals surface area contributed by atoms with E-state index in [4.69, 9.17) is 18.9 Å². The molecule has 14 nitrogen and oxygen atoms in total. The Morgan fingerprint density at radius 2 is 1.54 bits per heavy atom. The zero-order valence-electron chi connectivity index (χ0n) is 35.6. The number of fused-ring (bicyclic) bond motifs is 1. The molecule has 0 radical (unpaired) electrons. The maximum atomic E-state index is 13.6. The summed E-state index contributed by atoms with van der Waals surface area (Å²) in [7, 11) is 0. The minimum atomic E-state index is -0.498.